The lowest BCUT2D eigenvalue weighted by Crippen LogP contribution is -2.29. The standard InChI is InChI=1S/C6H14N2O2.C4H7NO/c7-4-2-1-3-5(8)6(9)10;1-3(2)4(5)6/h5H,1-4,7-8H2,(H,9,10);1H2,2H3,(H2,5,6). The molecule has 1 atom stereocenters. The van der Waals surface area contributed by atoms with Crippen LogP contribution in [0, 0.1) is 0 Å². The maximum absolute atomic E-state index is 10.1. The third-order valence-electron chi connectivity index (χ3n) is 1.71. The first-order valence-corrected chi connectivity index (χ1v) is 4.96. The van der Waals surface area contributed by atoms with Crippen LogP contribution in [0.15, 0.2) is 12.2 Å². The number of carbonyl (C=O) groups is 2. The highest BCUT2D eigenvalue weighted by molar-refractivity contribution is 5.90. The first-order valence-electron chi connectivity index (χ1n) is 4.96. The van der Waals surface area contributed by atoms with Crippen molar-refractivity contribution in [3.63, 3.8) is 0 Å². The number of rotatable bonds is 6. The number of nitrogens with two attached hydrogens (primary N) is 3. The predicted molar refractivity (Wildman–Crippen MR) is 62.5 cm³/mol. The SMILES string of the molecule is C=C(C)C(N)=O.NCCCCC(N)C(=O)O. The van der Waals surface area contributed by atoms with Crippen molar-refractivity contribution in [2.24, 2.45) is 17.2 Å². The van der Waals surface area contributed by atoms with Gasteiger partial charge in [-0.15, -0.1) is 0 Å². The molecule has 0 aliphatic heterocycles. The zero-order valence-electron chi connectivity index (χ0n) is 9.61. The largest absolute Gasteiger partial charge is 0.480 e. The molecule has 1 unspecified atom stereocenters. The first kappa shape index (κ1) is 17.0. The van der Waals surface area contributed by atoms with Crippen molar-refractivity contribution >= 4 is 11.9 Å². The van der Waals surface area contributed by atoms with Crippen molar-refractivity contribution in [2.45, 2.75) is 32.2 Å². The average Bonchev–Trinajstić information content (AvgIpc) is 2.18. The van der Waals surface area contributed by atoms with Gasteiger partial charge in [0.2, 0.25) is 5.91 Å². The van der Waals surface area contributed by atoms with E-state index in [9.17, 15) is 9.59 Å². The second-order valence-electron chi connectivity index (χ2n) is 3.37. The van der Waals surface area contributed by atoms with Gasteiger partial charge in [0.15, 0.2) is 0 Å². The summed E-state index contributed by atoms with van der Waals surface area (Å²) >= 11 is 0. The molecule has 0 aromatic carbocycles. The molecule has 0 aliphatic rings. The van der Waals surface area contributed by atoms with Crippen molar-refractivity contribution in [3.05, 3.63) is 12.2 Å². The molecule has 0 rings (SSSR count). The third-order valence-corrected chi connectivity index (χ3v) is 1.71. The van der Waals surface area contributed by atoms with E-state index in [1.54, 1.807) is 6.92 Å². The fourth-order valence-corrected chi connectivity index (χ4v) is 0.632. The molecule has 0 aliphatic carbocycles. The van der Waals surface area contributed by atoms with Crippen LogP contribution in [0.3, 0.4) is 0 Å². The molecule has 7 N–H and O–H groups in total. The molecule has 0 saturated heterocycles. The van der Waals surface area contributed by atoms with Crippen LogP contribution in [0.1, 0.15) is 26.2 Å². The van der Waals surface area contributed by atoms with Crippen LogP contribution in [0.5, 0.6) is 0 Å². The van der Waals surface area contributed by atoms with Crippen molar-refractivity contribution in [3.8, 4) is 0 Å². The summed E-state index contributed by atoms with van der Waals surface area (Å²) in [6, 6.07) is -0.716. The molecule has 0 aromatic heterocycles. The smallest absolute Gasteiger partial charge is 0.320 e. The molecule has 6 heteroatoms. The number of hydrogen-bond donors (Lipinski definition) is 4. The number of primary amides is 1. The maximum Gasteiger partial charge on any atom is 0.320 e. The molecule has 6 nitrogen and oxygen atoms in total. The van der Waals surface area contributed by atoms with Crippen LogP contribution in [-0.4, -0.2) is 29.6 Å². The van der Waals surface area contributed by atoms with E-state index in [4.69, 9.17) is 22.3 Å². The van der Waals surface area contributed by atoms with Crippen molar-refractivity contribution < 1.29 is 14.7 Å². The minimum atomic E-state index is -0.933. The van der Waals surface area contributed by atoms with E-state index in [-0.39, 0.29) is 0 Å². The van der Waals surface area contributed by atoms with Gasteiger partial charge in [-0.25, -0.2) is 0 Å². The summed E-state index contributed by atoms with van der Waals surface area (Å²) in [5, 5.41) is 8.33. The number of carboxylic acid groups (broad SMARTS) is 1. The van der Waals surface area contributed by atoms with Gasteiger partial charge in [-0.1, -0.05) is 13.0 Å². The Balaban J connectivity index is 0. The minimum absolute atomic E-state index is 0.398. The van der Waals surface area contributed by atoms with Crippen LogP contribution < -0.4 is 17.2 Å². The number of carbonyl (C=O) groups excluding carboxylic acids is 1. The Hall–Kier alpha value is -1.40. The van der Waals surface area contributed by atoms with Gasteiger partial charge in [0.05, 0.1) is 0 Å². The second kappa shape index (κ2) is 10.1. The molecule has 1 amide bonds. The van der Waals surface area contributed by atoms with Crippen LogP contribution in [0.2, 0.25) is 0 Å². The molecule has 0 fully saturated rings. The monoisotopic (exact) mass is 231 g/mol. The van der Waals surface area contributed by atoms with Gasteiger partial charge in [-0.2, -0.15) is 0 Å². The van der Waals surface area contributed by atoms with Gasteiger partial charge in [0.1, 0.15) is 6.04 Å². The van der Waals surface area contributed by atoms with E-state index in [0.29, 0.717) is 18.5 Å². The Bertz CT molecular complexity index is 229. The van der Waals surface area contributed by atoms with Crippen molar-refractivity contribution in [1.29, 1.82) is 0 Å². The van der Waals surface area contributed by atoms with E-state index >= 15 is 0 Å². The zero-order valence-corrected chi connectivity index (χ0v) is 9.61. The highest BCUT2D eigenvalue weighted by Crippen LogP contribution is 1.96. The van der Waals surface area contributed by atoms with Gasteiger partial charge >= 0.3 is 5.97 Å². The fraction of sp³-hybridized carbons (Fsp3) is 0.600. The number of amides is 1. The molecule has 0 spiro atoms. The van der Waals surface area contributed by atoms with Gasteiger partial charge in [0, 0.05) is 5.57 Å². The van der Waals surface area contributed by atoms with Crippen LogP contribution in [0.4, 0.5) is 0 Å². The Labute approximate surface area is 95.5 Å². The molecule has 94 valence electrons. The molecule has 16 heavy (non-hydrogen) atoms. The normalized spacial score (nSPS) is 10.9. The van der Waals surface area contributed by atoms with Crippen molar-refractivity contribution in [2.75, 3.05) is 6.54 Å². The summed E-state index contributed by atoms with van der Waals surface area (Å²) in [6.45, 7) is 5.46. The van der Waals surface area contributed by atoms with Crippen LogP contribution in [0.25, 0.3) is 0 Å². The van der Waals surface area contributed by atoms with Crippen LogP contribution >= 0.6 is 0 Å². The topological polar surface area (TPSA) is 132 Å². The highest BCUT2D eigenvalue weighted by Gasteiger charge is 2.09. The Morgan fingerprint density at radius 2 is 1.81 bits per heavy atom. The molecule has 0 bridgehead atoms. The quantitative estimate of drug-likeness (QED) is 0.364. The van der Waals surface area contributed by atoms with Gasteiger partial charge < -0.3 is 22.3 Å². The Morgan fingerprint density at radius 1 is 1.38 bits per heavy atom. The predicted octanol–water partition coefficient (Wildman–Crippen LogP) is -0.425. The van der Waals surface area contributed by atoms with Crippen molar-refractivity contribution in [1.82, 2.24) is 0 Å². The summed E-state index contributed by atoms with van der Waals surface area (Å²) in [4.78, 5) is 20.0. The van der Waals surface area contributed by atoms with E-state index in [2.05, 4.69) is 6.58 Å². The lowest BCUT2D eigenvalue weighted by Gasteiger charge is -2.03. The fourth-order valence-electron chi connectivity index (χ4n) is 0.632. The number of carboxylic acids is 1. The molecule has 0 aromatic rings. The van der Waals surface area contributed by atoms with Gasteiger partial charge in [-0.3, -0.25) is 9.59 Å². The summed E-state index contributed by atoms with van der Waals surface area (Å²) in [5.74, 6) is -1.37. The molecular formula is C10H21N3O3. The Kier molecular flexibility index (Phi) is 10.8. The van der Waals surface area contributed by atoms with E-state index in [1.807, 2.05) is 0 Å². The molecule has 0 saturated carbocycles. The molecular weight excluding hydrogens is 210 g/mol. The van der Waals surface area contributed by atoms with E-state index in [1.165, 1.54) is 0 Å². The summed E-state index contributed by atoms with van der Waals surface area (Å²) in [5.41, 5.74) is 15.5. The first-order chi connectivity index (χ1) is 7.32. The van der Waals surface area contributed by atoms with Gasteiger partial charge in [0.25, 0.3) is 0 Å². The number of hydrogen-bond acceptors (Lipinski definition) is 4. The maximum atomic E-state index is 10.1. The summed E-state index contributed by atoms with van der Waals surface area (Å²) in [6.07, 6.45) is 2.16. The highest BCUT2D eigenvalue weighted by atomic mass is 16.4. The lowest BCUT2D eigenvalue weighted by molar-refractivity contribution is -0.138. The third kappa shape index (κ3) is 12.6. The Morgan fingerprint density at radius 3 is 2.06 bits per heavy atom. The summed E-state index contributed by atoms with van der Waals surface area (Å²) in [7, 11) is 0. The van der Waals surface area contributed by atoms with Crippen LogP contribution in [-0.2, 0) is 9.59 Å². The second-order valence-corrected chi connectivity index (χ2v) is 3.37. The zero-order chi connectivity index (χ0) is 13.1. The molecule has 0 heterocycles. The summed E-state index contributed by atoms with van der Waals surface area (Å²) < 4.78 is 0. The lowest BCUT2D eigenvalue weighted by atomic mass is 10.1. The number of unbranched alkanes of at least 4 members (excludes halogenated alkanes) is 1. The van der Waals surface area contributed by atoms with E-state index in [0.717, 1.165) is 12.8 Å². The minimum Gasteiger partial charge on any atom is -0.480 e. The van der Waals surface area contributed by atoms with E-state index < -0.39 is 17.9 Å². The number of aliphatic carboxylic acids is 1. The average molecular weight is 231 g/mol. The van der Waals surface area contributed by atoms with Gasteiger partial charge in [-0.05, 0) is 26.3 Å². The molecule has 0 radical (unpaired) electrons.